The Labute approximate surface area is 119 Å². The maximum Gasteiger partial charge on any atom is 0.169 e. The van der Waals surface area contributed by atoms with Gasteiger partial charge in [-0.2, -0.15) is 0 Å². The van der Waals surface area contributed by atoms with Crippen LogP contribution in [-0.2, 0) is 16.0 Å². The van der Waals surface area contributed by atoms with Gasteiger partial charge in [-0.15, -0.1) is 0 Å². The molecule has 3 nitrogen and oxygen atoms in total. The number of hydrogen-bond donors (Lipinski definition) is 1. The maximum atomic E-state index is 11.7. The number of unbranched alkanes of at least 4 members (excludes halogenated alkanes) is 1. The molecular weight excluding hydrogens is 252 g/mol. The molecule has 1 saturated carbocycles. The van der Waals surface area contributed by atoms with Crippen LogP contribution in [0.4, 0.5) is 0 Å². The van der Waals surface area contributed by atoms with Crippen molar-refractivity contribution in [2.75, 3.05) is 0 Å². The second-order valence-corrected chi connectivity index (χ2v) is 5.21. The van der Waals surface area contributed by atoms with Gasteiger partial charge < -0.3 is 5.11 Å². The number of aryl methyl sites for hydroxylation is 1. The lowest BCUT2D eigenvalue weighted by atomic mass is 9.90. The van der Waals surface area contributed by atoms with E-state index >= 15 is 0 Å². The summed E-state index contributed by atoms with van der Waals surface area (Å²) in [4.78, 5) is 23.3. The molecule has 0 spiro atoms. The van der Waals surface area contributed by atoms with Crippen molar-refractivity contribution in [3.8, 4) is 0 Å². The van der Waals surface area contributed by atoms with E-state index in [1.54, 1.807) is 0 Å². The van der Waals surface area contributed by atoms with E-state index < -0.39 is 0 Å². The molecule has 0 amide bonds. The third-order valence-corrected chi connectivity index (χ3v) is 3.63. The summed E-state index contributed by atoms with van der Waals surface area (Å²) < 4.78 is 0. The summed E-state index contributed by atoms with van der Waals surface area (Å²) >= 11 is 0. The monoisotopic (exact) mass is 272 g/mol. The Balaban J connectivity index is 1.84. The van der Waals surface area contributed by atoms with E-state index in [1.807, 2.05) is 18.2 Å². The molecule has 1 N–H and O–H groups in total. The SMILES string of the molecule is O=C1CCCC(=O)C1=C(O)CCCCc1ccccc1. The number of Topliss-reactive ketones (excluding diaryl/α,β-unsaturated/α-hetero) is 2. The molecule has 106 valence electrons. The molecule has 0 unspecified atom stereocenters. The summed E-state index contributed by atoms with van der Waals surface area (Å²) in [6.45, 7) is 0. The Hall–Kier alpha value is -1.90. The third kappa shape index (κ3) is 3.80. The second kappa shape index (κ2) is 7.04. The van der Waals surface area contributed by atoms with E-state index in [0.717, 1.165) is 19.3 Å². The fourth-order valence-electron chi connectivity index (χ4n) is 2.53. The Bertz CT molecular complexity index is 496. The minimum absolute atomic E-state index is 0.00670. The number of carbonyl (C=O) groups is 2. The average Bonchev–Trinajstić information content (AvgIpc) is 2.44. The first kappa shape index (κ1) is 14.5. The number of aliphatic hydroxyl groups is 1. The van der Waals surface area contributed by atoms with Gasteiger partial charge in [0.2, 0.25) is 0 Å². The first-order valence-corrected chi connectivity index (χ1v) is 7.21. The van der Waals surface area contributed by atoms with Crippen LogP contribution in [0.25, 0.3) is 0 Å². The van der Waals surface area contributed by atoms with Crippen LogP contribution in [0, 0.1) is 0 Å². The highest BCUT2D eigenvalue weighted by Crippen LogP contribution is 2.21. The van der Waals surface area contributed by atoms with Crippen molar-refractivity contribution < 1.29 is 14.7 Å². The molecule has 20 heavy (non-hydrogen) atoms. The molecule has 0 atom stereocenters. The van der Waals surface area contributed by atoms with Crippen LogP contribution in [0.3, 0.4) is 0 Å². The number of rotatable bonds is 5. The zero-order valence-electron chi connectivity index (χ0n) is 11.6. The predicted molar refractivity (Wildman–Crippen MR) is 77.5 cm³/mol. The Morgan fingerprint density at radius 3 is 2.30 bits per heavy atom. The lowest BCUT2D eigenvalue weighted by Crippen LogP contribution is -2.20. The molecule has 0 heterocycles. The second-order valence-electron chi connectivity index (χ2n) is 5.21. The van der Waals surface area contributed by atoms with Crippen molar-refractivity contribution in [1.82, 2.24) is 0 Å². The molecular formula is C17H20O3. The summed E-state index contributed by atoms with van der Waals surface area (Å²) in [5.74, 6) is -0.392. The van der Waals surface area contributed by atoms with Gasteiger partial charge in [-0.25, -0.2) is 0 Å². The molecule has 0 aromatic heterocycles. The Morgan fingerprint density at radius 2 is 1.65 bits per heavy atom. The van der Waals surface area contributed by atoms with E-state index in [4.69, 9.17) is 0 Å². The average molecular weight is 272 g/mol. The zero-order chi connectivity index (χ0) is 14.4. The topological polar surface area (TPSA) is 54.4 Å². The first-order chi connectivity index (χ1) is 9.68. The van der Waals surface area contributed by atoms with E-state index in [0.29, 0.717) is 25.7 Å². The van der Waals surface area contributed by atoms with E-state index in [1.165, 1.54) is 5.56 Å². The molecule has 3 heteroatoms. The minimum Gasteiger partial charge on any atom is -0.511 e. The number of hydrogen-bond acceptors (Lipinski definition) is 3. The van der Waals surface area contributed by atoms with Crippen LogP contribution in [0.2, 0.25) is 0 Å². The fourth-order valence-corrected chi connectivity index (χ4v) is 2.53. The van der Waals surface area contributed by atoms with Crippen LogP contribution in [0.15, 0.2) is 41.7 Å². The molecule has 0 aliphatic heterocycles. The summed E-state index contributed by atoms with van der Waals surface area (Å²) in [5, 5.41) is 9.95. The highest BCUT2D eigenvalue weighted by atomic mass is 16.3. The van der Waals surface area contributed by atoms with Gasteiger partial charge in [0.05, 0.1) is 5.57 Å². The van der Waals surface area contributed by atoms with Crippen LogP contribution in [0.5, 0.6) is 0 Å². The van der Waals surface area contributed by atoms with Crippen molar-refractivity contribution in [1.29, 1.82) is 0 Å². The number of ketones is 2. The van der Waals surface area contributed by atoms with Crippen molar-refractivity contribution in [2.24, 2.45) is 0 Å². The molecule has 0 radical (unpaired) electrons. The standard InChI is InChI=1S/C17H20O3/c18-14(17-15(19)11-6-12-16(17)20)10-5-4-9-13-7-2-1-3-8-13/h1-3,7-8,18H,4-6,9-12H2. The van der Waals surface area contributed by atoms with Gasteiger partial charge in [0.25, 0.3) is 0 Å². The summed E-state index contributed by atoms with van der Waals surface area (Å²) in [6, 6.07) is 10.2. The smallest absolute Gasteiger partial charge is 0.169 e. The largest absolute Gasteiger partial charge is 0.511 e. The highest BCUT2D eigenvalue weighted by Gasteiger charge is 2.26. The molecule has 0 bridgehead atoms. The summed E-state index contributed by atoms with van der Waals surface area (Å²) in [5.41, 5.74) is 1.33. The van der Waals surface area contributed by atoms with Crippen molar-refractivity contribution >= 4 is 11.6 Å². The van der Waals surface area contributed by atoms with E-state index in [9.17, 15) is 14.7 Å². The van der Waals surface area contributed by atoms with Crippen molar-refractivity contribution in [3.63, 3.8) is 0 Å². The number of aliphatic hydroxyl groups excluding tert-OH is 1. The lowest BCUT2D eigenvalue weighted by molar-refractivity contribution is -0.124. The zero-order valence-corrected chi connectivity index (χ0v) is 11.6. The van der Waals surface area contributed by atoms with Crippen LogP contribution in [0.1, 0.15) is 44.1 Å². The van der Waals surface area contributed by atoms with Crippen molar-refractivity contribution in [2.45, 2.75) is 44.9 Å². The van der Waals surface area contributed by atoms with Gasteiger partial charge in [-0.3, -0.25) is 9.59 Å². The summed E-state index contributed by atoms with van der Waals surface area (Å²) in [7, 11) is 0. The quantitative estimate of drug-likeness (QED) is 0.386. The Morgan fingerprint density at radius 1 is 1.00 bits per heavy atom. The predicted octanol–water partition coefficient (Wildman–Crippen LogP) is 3.53. The molecule has 1 aliphatic carbocycles. The van der Waals surface area contributed by atoms with Gasteiger partial charge in [-0.05, 0) is 31.2 Å². The molecule has 1 aromatic rings. The van der Waals surface area contributed by atoms with Gasteiger partial charge in [0.1, 0.15) is 5.76 Å². The third-order valence-electron chi connectivity index (χ3n) is 3.63. The Kier molecular flexibility index (Phi) is 5.10. The molecule has 2 rings (SSSR count). The lowest BCUT2D eigenvalue weighted by Gasteiger charge is -2.13. The van der Waals surface area contributed by atoms with E-state index in [2.05, 4.69) is 12.1 Å². The molecule has 1 aliphatic rings. The number of carbonyl (C=O) groups excluding carboxylic acids is 2. The fraction of sp³-hybridized carbons (Fsp3) is 0.412. The number of benzene rings is 1. The van der Waals surface area contributed by atoms with Crippen LogP contribution < -0.4 is 0 Å². The van der Waals surface area contributed by atoms with Gasteiger partial charge in [-0.1, -0.05) is 30.3 Å². The highest BCUT2D eigenvalue weighted by molar-refractivity contribution is 6.21. The molecule has 1 fully saturated rings. The van der Waals surface area contributed by atoms with Gasteiger partial charge in [0.15, 0.2) is 11.6 Å². The first-order valence-electron chi connectivity index (χ1n) is 7.21. The normalized spacial score (nSPS) is 15.5. The van der Waals surface area contributed by atoms with Crippen molar-refractivity contribution in [3.05, 3.63) is 47.2 Å². The minimum atomic E-state index is -0.193. The molecule has 1 aromatic carbocycles. The van der Waals surface area contributed by atoms with Gasteiger partial charge >= 0.3 is 0 Å². The maximum absolute atomic E-state index is 11.7. The van der Waals surface area contributed by atoms with Crippen LogP contribution >= 0.6 is 0 Å². The van der Waals surface area contributed by atoms with E-state index in [-0.39, 0.29) is 22.9 Å². The van der Waals surface area contributed by atoms with Gasteiger partial charge in [0, 0.05) is 19.3 Å². The summed E-state index contributed by atoms with van der Waals surface area (Å²) in [6.07, 6.45) is 4.46. The number of allylic oxidation sites excluding steroid dienone is 2. The molecule has 0 saturated heterocycles. The van der Waals surface area contributed by atoms with Crippen LogP contribution in [-0.4, -0.2) is 16.7 Å².